The van der Waals surface area contributed by atoms with Gasteiger partial charge in [0.15, 0.2) is 0 Å². The number of piperazine rings is 1. The molecule has 0 radical (unpaired) electrons. The molecule has 92 valence electrons. The minimum absolute atomic E-state index is 0.155. The molecule has 1 aliphatic heterocycles. The van der Waals surface area contributed by atoms with Gasteiger partial charge in [0.2, 0.25) is 0 Å². The van der Waals surface area contributed by atoms with Crippen LogP contribution in [0, 0.1) is 10.1 Å². The summed E-state index contributed by atoms with van der Waals surface area (Å²) in [6, 6.07) is 7.27. The zero-order chi connectivity index (χ0) is 12.3. The third-order valence-electron chi connectivity index (χ3n) is 3.09. The van der Waals surface area contributed by atoms with E-state index in [0.29, 0.717) is 6.04 Å². The first-order valence-electron chi connectivity index (χ1n) is 5.80. The molecule has 1 heterocycles. The zero-order valence-electron chi connectivity index (χ0n) is 9.93. The van der Waals surface area contributed by atoms with E-state index in [-0.39, 0.29) is 10.6 Å². The van der Waals surface area contributed by atoms with Gasteiger partial charge in [-0.3, -0.25) is 10.1 Å². The monoisotopic (exact) mass is 235 g/mol. The predicted octanol–water partition coefficient (Wildman–Crippen LogP) is 1.04. The third-order valence-corrected chi connectivity index (χ3v) is 3.09. The topological polar surface area (TPSA) is 58.4 Å². The molecule has 1 fully saturated rings. The molecule has 1 aliphatic rings. The summed E-state index contributed by atoms with van der Waals surface area (Å²) in [6.45, 7) is 3.11. The van der Waals surface area contributed by atoms with Gasteiger partial charge in [0.25, 0.3) is 5.69 Å². The average molecular weight is 235 g/mol. The fourth-order valence-corrected chi connectivity index (χ4v) is 2.17. The quantitative estimate of drug-likeness (QED) is 0.628. The Morgan fingerprint density at radius 3 is 2.76 bits per heavy atom. The van der Waals surface area contributed by atoms with Crippen molar-refractivity contribution >= 4 is 5.69 Å². The number of nitro benzene ring substituents is 1. The summed E-state index contributed by atoms with van der Waals surface area (Å²) in [5.41, 5.74) is 1.30. The summed E-state index contributed by atoms with van der Waals surface area (Å²) in [5.74, 6) is 0. The molecular weight excluding hydrogens is 218 g/mol. The lowest BCUT2D eigenvalue weighted by Gasteiger charge is -2.30. The number of nitrogens with zero attached hydrogens (tertiary/aromatic N) is 2. The Kier molecular flexibility index (Phi) is 3.71. The summed E-state index contributed by atoms with van der Waals surface area (Å²) in [7, 11) is 2.11. The van der Waals surface area contributed by atoms with E-state index in [1.807, 2.05) is 12.1 Å². The Morgan fingerprint density at radius 2 is 2.18 bits per heavy atom. The molecule has 0 aliphatic carbocycles. The van der Waals surface area contributed by atoms with Gasteiger partial charge in [0.05, 0.1) is 4.92 Å². The number of likely N-dealkylation sites (N-methyl/N-ethyl adjacent to an activating group) is 1. The molecule has 1 N–H and O–H groups in total. The first-order valence-corrected chi connectivity index (χ1v) is 5.80. The first-order chi connectivity index (χ1) is 8.15. The maximum Gasteiger partial charge on any atom is 0.269 e. The summed E-state index contributed by atoms with van der Waals surface area (Å²) in [6.07, 6.45) is 0.919. The van der Waals surface area contributed by atoms with Gasteiger partial charge in [-0.15, -0.1) is 0 Å². The number of hydrogen-bond donors (Lipinski definition) is 1. The van der Waals surface area contributed by atoms with Gasteiger partial charge in [0.1, 0.15) is 0 Å². The van der Waals surface area contributed by atoms with Crippen molar-refractivity contribution in [3.05, 3.63) is 39.9 Å². The summed E-state index contributed by atoms with van der Waals surface area (Å²) in [5, 5.41) is 14.0. The number of rotatable bonds is 3. The minimum atomic E-state index is -0.365. The van der Waals surface area contributed by atoms with Crippen LogP contribution in [0.1, 0.15) is 5.56 Å². The zero-order valence-corrected chi connectivity index (χ0v) is 9.93. The van der Waals surface area contributed by atoms with Gasteiger partial charge in [0, 0.05) is 37.8 Å². The molecule has 2 rings (SSSR count). The minimum Gasteiger partial charge on any atom is -0.311 e. The van der Waals surface area contributed by atoms with Crippen LogP contribution in [0.15, 0.2) is 24.3 Å². The van der Waals surface area contributed by atoms with E-state index in [4.69, 9.17) is 0 Å². The van der Waals surface area contributed by atoms with Crippen molar-refractivity contribution in [3.8, 4) is 0 Å². The highest BCUT2D eigenvalue weighted by atomic mass is 16.6. The third kappa shape index (κ3) is 3.25. The SMILES string of the molecule is CN1CCNC(Cc2ccc([N+](=O)[O-])cc2)C1. The van der Waals surface area contributed by atoms with E-state index >= 15 is 0 Å². The van der Waals surface area contributed by atoms with E-state index in [1.165, 1.54) is 0 Å². The number of nitro groups is 1. The Balaban J connectivity index is 1.96. The second-order valence-corrected chi connectivity index (χ2v) is 4.54. The molecule has 1 atom stereocenters. The second kappa shape index (κ2) is 5.25. The Hall–Kier alpha value is -1.46. The van der Waals surface area contributed by atoms with Gasteiger partial charge < -0.3 is 10.2 Å². The van der Waals surface area contributed by atoms with Crippen LogP contribution in [0.3, 0.4) is 0 Å². The van der Waals surface area contributed by atoms with Crippen LogP contribution in [0.2, 0.25) is 0 Å². The predicted molar refractivity (Wildman–Crippen MR) is 66.1 cm³/mol. The van der Waals surface area contributed by atoms with Crippen LogP contribution in [0.4, 0.5) is 5.69 Å². The van der Waals surface area contributed by atoms with Gasteiger partial charge in [-0.1, -0.05) is 12.1 Å². The van der Waals surface area contributed by atoms with Crippen LogP contribution >= 0.6 is 0 Å². The van der Waals surface area contributed by atoms with Crippen LogP contribution in [0.25, 0.3) is 0 Å². The lowest BCUT2D eigenvalue weighted by Crippen LogP contribution is -2.49. The van der Waals surface area contributed by atoms with Crippen LogP contribution in [-0.2, 0) is 6.42 Å². The summed E-state index contributed by atoms with van der Waals surface area (Å²) < 4.78 is 0. The van der Waals surface area contributed by atoms with E-state index in [0.717, 1.165) is 31.6 Å². The fraction of sp³-hybridized carbons (Fsp3) is 0.500. The molecule has 17 heavy (non-hydrogen) atoms. The lowest BCUT2D eigenvalue weighted by molar-refractivity contribution is -0.384. The number of hydrogen-bond acceptors (Lipinski definition) is 4. The summed E-state index contributed by atoms with van der Waals surface area (Å²) >= 11 is 0. The van der Waals surface area contributed by atoms with Gasteiger partial charge >= 0.3 is 0 Å². The van der Waals surface area contributed by atoms with E-state index in [1.54, 1.807) is 12.1 Å². The standard InChI is InChI=1S/C12H17N3O2/c1-14-7-6-13-11(9-14)8-10-2-4-12(5-3-10)15(16)17/h2-5,11,13H,6-9H2,1H3. The van der Waals surface area contributed by atoms with E-state index in [2.05, 4.69) is 17.3 Å². The first kappa shape index (κ1) is 12.0. The molecule has 5 heteroatoms. The number of benzene rings is 1. The highest BCUT2D eigenvalue weighted by Crippen LogP contribution is 2.13. The Bertz CT molecular complexity index is 391. The molecule has 5 nitrogen and oxygen atoms in total. The molecule has 1 aromatic carbocycles. The van der Waals surface area contributed by atoms with Gasteiger partial charge in [-0.2, -0.15) is 0 Å². The molecule has 0 spiro atoms. The summed E-state index contributed by atoms with van der Waals surface area (Å²) in [4.78, 5) is 12.5. The number of non-ortho nitro benzene ring substituents is 1. The van der Waals surface area contributed by atoms with Crippen molar-refractivity contribution in [2.24, 2.45) is 0 Å². The molecule has 0 bridgehead atoms. The van der Waals surface area contributed by atoms with Crippen LogP contribution in [0.5, 0.6) is 0 Å². The lowest BCUT2D eigenvalue weighted by atomic mass is 10.0. The van der Waals surface area contributed by atoms with Crippen molar-refractivity contribution in [3.63, 3.8) is 0 Å². The molecule has 0 amide bonds. The fourth-order valence-electron chi connectivity index (χ4n) is 2.17. The van der Waals surface area contributed by atoms with Crippen molar-refractivity contribution in [1.29, 1.82) is 0 Å². The smallest absolute Gasteiger partial charge is 0.269 e. The van der Waals surface area contributed by atoms with Crippen molar-refractivity contribution in [2.45, 2.75) is 12.5 Å². The maximum absolute atomic E-state index is 10.5. The van der Waals surface area contributed by atoms with Gasteiger partial charge in [-0.25, -0.2) is 0 Å². The van der Waals surface area contributed by atoms with Crippen LogP contribution in [-0.4, -0.2) is 42.5 Å². The molecule has 1 saturated heterocycles. The highest BCUT2D eigenvalue weighted by Gasteiger charge is 2.16. The highest BCUT2D eigenvalue weighted by molar-refractivity contribution is 5.33. The molecule has 0 aromatic heterocycles. The number of nitrogens with one attached hydrogen (secondary N) is 1. The average Bonchev–Trinajstić information content (AvgIpc) is 2.29. The largest absolute Gasteiger partial charge is 0.311 e. The Morgan fingerprint density at radius 1 is 1.47 bits per heavy atom. The van der Waals surface area contributed by atoms with E-state index in [9.17, 15) is 10.1 Å². The van der Waals surface area contributed by atoms with Crippen molar-refractivity contribution in [1.82, 2.24) is 10.2 Å². The molecule has 1 unspecified atom stereocenters. The molecular formula is C12H17N3O2. The van der Waals surface area contributed by atoms with Crippen molar-refractivity contribution < 1.29 is 4.92 Å². The maximum atomic E-state index is 10.5. The van der Waals surface area contributed by atoms with Crippen molar-refractivity contribution in [2.75, 3.05) is 26.7 Å². The van der Waals surface area contributed by atoms with E-state index < -0.39 is 0 Å². The second-order valence-electron chi connectivity index (χ2n) is 4.54. The van der Waals surface area contributed by atoms with Crippen LogP contribution < -0.4 is 5.32 Å². The molecule has 0 saturated carbocycles. The van der Waals surface area contributed by atoms with Gasteiger partial charge in [-0.05, 0) is 19.0 Å². The molecule has 1 aromatic rings. The normalized spacial score (nSPS) is 21.4. The Labute approximate surface area is 101 Å².